The van der Waals surface area contributed by atoms with Gasteiger partial charge in [-0.25, -0.2) is 12.8 Å². The van der Waals surface area contributed by atoms with E-state index < -0.39 is 31.2 Å². The van der Waals surface area contributed by atoms with E-state index in [9.17, 15) is 22.9 Å². The Labute approximate surface area is 130 Å². The molecule has 9 heteroatoms. The number of sulfone groups is 1. The van der Waals surface area contributed by atoms with E-state index in [1.807, 2.05) is 0 Å². The van der Waals surface area contributed by atoms with Gasteiger partial charge in [0, 0.05) is 18.4 Å². The molecular formula is C14H9FN2O5S. The van der Waals surface area contributed by atoms with Crippen molar-refractivity contribution < 1.29 is 22.5 Å². The van der Waals surface area contributed by atoms with Crippen molar-refractivity contribution in [3.05, 3.63) is 57.9 Å². The van der Waals surface area contributed by atoms with Crippen molar-refractivity contribution in [2.45, 2.75) is 4.90 Å². The van der Waals surface area contributed by atoms with E-state index in [1.54, 1.807) is 6.07 Å². The van der Waals surface area contributed by atoms with Gasteiger partial charge in [-0.15, -0.1) is 0 Å². The van der Waals surface area contributed by atoms with E-state index in [2.05, 4.69) is 0 Å². The first-order valence-corrected chi connectivity index (χ1v) is 7.97. The third kappa shape index (κ3) is 3.61. The van der Waals surface area contributed by atoms with Gasteiger partial charge in [-0.2, -0.15) is 5.26 Å². The summed E-state index contributed by atoms with van der Waals surface area (Å²) in [5.41, 5.74) is -0.361. The summed E-state index contributed by atoms with van der Waals surface area (Å²) in [5, 5.41) is 19.4. The molecular weight excluding hydrogens is 327 g/mol. The Morgan fingerprint density at radius 2 is 1.87 bits per heavy atom. The minimum absolute atomic E-state index is 0.0712. The van der Waals surface area contributed by atoms with Crippen molar-refractivity contribution in [1.29, 1.82) is 5.26 Å². The molecule has 2 aromatic carbocycles. The number of nitrogens with zero attached hydrogens (tertiary/aromatic N) is 2. The molecule has 0 atom stereocenters. The predicted molar refractivity (Wildman–Crippen MR) is 77.4 cm³/mol. The number of hydrogen-bond donors (Lipinski definition) is 0. The fraction of sp³-hybridized carbons (Fsp3) is 0.0714. The zero-order valence-electron chi connectivity index (χ0n) is 11.7. The standard InChI is InChI=1S/C14H9FN2O5S/c1-23(20,21)14-7-10(17(18)19)3-5-13(14)22-12-4-2-9(8-16)6-11(12)15/h2-7H,1H3. The van der Waals surface area contributed by atoms with Crippen molar-refractivity contribution in [1.82, 2.24) is 0 Å². The minimum atomic E-state index is -3.84. The second-order valence-electron chi connectivity index (χ2n) is 4.52. The molecule has 0 unspecified atom stereocenters. The molecule has 0 fully saturated rings. The zero-order valence-corrected chi connectivity index (χ0v) is 12.5. The topological polar surface area (TPSA) is 110 Å². The van der Waals surface area contributed by atoms with Gasteiger partial charge in [0.2, 0.25) is 0 Å². The van der Waals surface area contributed by atoms with Gasteiger partial charge in [0.05, 0.1) is 16.6 Å². The highest BCUT2D eigenvalue weighted by Crippen LogP contribution is 2.33. The average Bonchev–Trinajstić information content (AvgIpc) is 2.48. The van der Waals surface area contributed by atoms with Crippen LogP contribution in [-0.4, -0.2) is 19.6 Å². The van der Waals surface area contributed by atoms with Gasteiger partial charge in [-0.1, -0.05) is 0 Å². The van der Waals surface area contributed by atoms with Crippen LogP contribution < -0.4 is 4.74 Å². The molecule has 0 N–H and O–H groups in total. The van der Waals surface area contributed by atoms with Gasteiger partial charge >= 0.3 is 0 Å². The summed E-state index contributed by atoms with van der Waals surface area (Å²) in [7, 11) is -3.84. The summed E-state index contributed by atoms with van der Waals surface area (Å²) in [6.45, 7) is 0. The molecule has 0 spiro atoms. The number of halogens is 1. The number of hydrogen-bond acceptors (Lipinski definition) is 6. The van der Waals surface area contributed by atoms with E-state index in [0.29, 0.717) is 0 Å². The maximum Gasteiger partial charge on any atom is 0.271 e. The number of nitro benzene ring substituents is 1. The summed E-state index contributed by atoms with van der Waals surface area (Å²) in [5.74, 6) is -1.41. The normalized spacial score (nSPS) is 10.8. The van der Waals surface area contributed by atoms with Gasteiger partial charge in [0.25, 0.3) is 5.69 Å². The zero-order chi connectivity index (χ0) is 17.2. The summed E-state index contributed by atoms with van der Waals surface area (Å²) in [4.78, 5) is 9.57. The van der Waals surface area contributed by atoms with Gasteiger partial charge in [-0.3, -0.25) is 10.1 Å². The first-order chi connectivity index (χ1) is 10.7. The van der Waals surface area contributed by atoms with Crippen LogP contribution in [0.4, 0.5) is 10.1 Å². The molecule has 0 radical (unpaired) electrons. The monoisotopic (exact) mass is 336 g/mol. The van der Waals surface area contributed by atoms with Gasteiger partial charge in [0.1, 0.15) is 10.6 Å². The van der Waals surface area contributed by atoms with Crippen LogP contribution in [0.3, 0.4) is 0 Å². The fourth-order valence-electron chi connectivity index (χ4n) is 1.76. The smallest absolute Gasteiger partial charge is 0.271 e. The van der Waals surface area contributed by atoms with E-state index >= 15 is 0 Å². The molecule has 0 aliphatic rings. The Kier molecular flexibility index (Phi) is 4.29. The Bertz CT molecular complexity index is 935. The van der Waals surface area contributed by atoms with Crippen LogP contribution in [0.25, 0.3) is 0 Å². The molecule has 0 aromatic heterocycles. The number of benzene rings is 2. The lowest BCUT2D eigenvalue weighted by Gasteiger charge is -2.10. The predicted octanol–water partition coefficient (Wildman–Crippen LogP) is 2.80. The van der Waals surface area contributed by atoms with Crippen molar-refractivity contribution in [2.24, 2.45) is 0 Å². The van der Waals surface area contributed by atoms with Crippen LogP contribution in [0.5, 0.6) is 11.5 Å². The third-order valence-corrected chi connectivity index (χ3v) is 3.94. The van der Waals surface area contributed by atoms with Crippen LogP contribution in [-0.2, 0) is 9.84 Å². The second-order valence-corrected chi connectivity index (χ2v) is 6.50. The van der Waals surface area contributed by atoms with Crippen LogP contribution in [0.15, 0.2) is 41.3 Å². The summed E-state index contributed by atoms with van der Waals surface area (Å²) in [6.07, 6.45) is 0.855. The van der Waals surface area contributed by atoms with Crippen LogP contribution in [0.1, 0.15) is 5.56 Å². The van der Waals surface area contributed by atoms with E-state index in [0.717, 1.165) is 30.5 Å². The SMILES string of the molecule is CS(=O)(=O)c1cc([N+](=O)[O-])ccc1Oc1ccc(C#N)cc1F. The van der Waals surface area contributed by atoms with Crippen LogP contribution >= 0.6 is 0 Å². The highest BCUT2D eigenvalue weighted by Gasteiger charge is 2.21. The van der Waals surface area contributed by atoms with E-state index in [4.69, 9.17) is 10.00 Å². The maximum absolute atomic E-state index is 13.8. The highest BCUT2D eigenvalue weighted by molar-refractivity contribution is 7.90. The molecule has 0 aliphatic carbocycles. The number of rotatable bonds is 4. The third-order valence-electron chi connectivity index (χ3n) is 2.82. The van der Waals surface area contributed by atoms with Gasteiger partial charge < -0.3 is 4.74 Å². The first-order valence-electron chi connectivity index (χ1n) is 6.08. The largest absolute Gasteiger partial charge is 0.453 e. The second kappa shape index (κ2) is 6.02. The van der Waals surface area contributed by atoms with Crippen LogP contribution in [0.2, 0.25) is 0 Å². The Morgan fingerprint density at radius 1 is 1.22 bits per heavy atom. The molecule has 0 aliphatic heterocycles. The molecule has 0 bridgehead atoms. The Morgan fingerprint density at radius 3 is 2.39 bits per heavy atom. The molecule has 2 aromatic rings. The quantitative estimate of drug-likeness (QED) is 0.627. The van der Waals surface area contributed by atoms with Crippen molar-refractivity contribution >= 4 is 15.5 Å². The summed E-state index contributed by atoms with van der Waals surface area (Å²) in [6, 6.07) is 8.11. The van der Waals surface area contributed by atoms with E-state index in [1.165, 1.54) is 12.1 Å². The van der Waals surface area contributed by atoms with Gasteiger partial charge in [-0.05, 0) is 24.3 Å². The van der Waals surface area contributed by atoms with Crippen molar-refractivity contribution in [3.8, 4) is 17.6 Å². The lowest BCUT2D eigenvalue weighted by Crippen LogP contribution is -2.02. The summed E-state index contributed by atoms with van der Waals surface area (Å²) >= 11 is 0. The average molecular weight is 336 g/mol. The minimum Gasteiger partial charge on any atom is -0.453 e. The molecule has 2 rings (SSSR count). The number of ether oxygens (including phenoxy) is 1. The molecule has 0 amide bonds. The van der Waals surface area contributed by atoms with Crippen molar-refractivity contribution in [2.75, 3.05) is 6.26 Å². The molecule has 23 heavy (non-hydrogen) atoms. The number of nitro groups is 1. The highest BCUT2D eigenvalue weighted by atomic mass is 32.2. The number of non-ortho nitro benzene ring substituents is 1. The Hall–Kier alpha value is -2.99. The first kappa shape index (κ1) is 16.4. The Balaban J connectivity index is 2.52. The molecule has 0 saturated carbocycles. The van der Waals surface area contributed by atoms with Gasteiger partial charge in [0.15, 0.2) is 21.4 Å². The lowest BCUT2D eigenvalue weighted by atomic mass is 10.2. The number of nitriles is 1. The molecule has 0 heterocycles. The molecule has 118 valence electrons. The van der Waals surface area contributed by atoms with Crippen LogP contribution in [0, 0.1) is 27.3 Å². The summed E-state index contributed by atoms with van der Waals surface area (Å²) < 4.78 is 42.6. The molecule has 7 nitrogen and oxygen atoms in total. The lowest BCUT2D eigenvalue weighted by molar-refractivity contribution is -0.385. The molecule has 0 saturated heterocycles. The maximum atomic E-state index is 13.8. The van der Waals surface area contributed by atoms with Crippen molar-refractivity contribution in [3.63, 3.8) is 0 Å². The fourth-order valence-corrected chi connectivity index (χ4v) is 2.57. The van der Waals surface area contributed by atoms with E-state index in [-0.39, 0.29) is 17.1 Å².